The molecule has 1 aromatic heterocycles. The number of carbonyl (C=O) groups is 1. The minimum atomic E-state index is -0.432. The molecule has 5 nitrogen and oxygen atoms in total. The molecular formula is C11H16N2O3. The average molecular weight is 224 g/mol. The fourth-order valence-corrected chi connectivity index (χ4v) is 1.19. The van der Waals surface area contributed by atoms with Crippen LogP contribution >= 0.6 is 0 Å². The van der Waals surface area contributed by atoms with Gasteiger partial charge in [-0.05, 0) is 18.9 Å². The first-order chi connectivity index (χ1) is 7.63. The summed E-state index contributed by atoms with van der Waals surface area (Å²) in [4.78, 5) is 26.2. The number of aryl methyl sites for hydroxylation is 1. The zero-order valence-electron chi connectivity index (χ0n) is 9.60. The number of hydrogen-bond donors (Lipinski definition) is 0. The Hall–Kier alpha value is -1.65. The topological polar surface area (TPSA) is 61.2 Å². The van der Waals surface area contributed by atoms with Crippen LogP contribution in [0.5, 0.6) is 0 Å². The summed E-state index contributed by atoms with van der Waals surface area (Å²) in [6.07, 6.45) is 4.88. The lowest BCUT2D eigenvalue weighted by Gasteiger charge is -2.06. The molecule has 0 bridgehead atoms. The number of nitrogens with zero attached hydrogens (tertiary/aromatic N) is 2. The van der Waals surface area contributed by atoms with Gasteiger partial charge in [-0.2, -0.15) is 0 Å². The predicted molar refractivity (Wildman–Crippen MR) is 59.1 cm³/mol. The monoisotopic (exact) mass is 224 g/mol. The first-order valence-electron chi connectivity index (χ1n) is 5.32. The number of aromatic nitrogens is 2. The van der Waals surface area contributed by atoms with E-state index in [9.17, 15) is 9.59 Å². The Labute approximate surface area is 94.1 Å². The Morgan fingerprint density at radius 3 is 3.00 bits per heavy atom. The normalized spacial score (nSPS) is 10.1. The molecule has 0 aromatic carbocycles. The van der Waals surface area contributed by atoms with Crippen LogP contribution in [0.3, 0.4) is 0 Å². The van der Waals surface area contributed by atoms with Crippen molar-refractivity contribution in [3.05, 3.63) is 28.4 Å². The van der Waals surface area contributed by atoms with Crippen molar-refractivity contribution in [2.75, 3.05) is 6.61 Å². The summed E-state index contributed by atoms with van der Waals surface area (Å²) in [5.41, 5.74) is 0.402. The molecule has 0 aliphatic rings. The Morgan fingerprint density at radius 2 is 2.31 bits per heavy atom. The van der Waals surface area contributed by atoms with Crippen LogP contribution in [0.4, 0.5) is 0 Å². The number of unbranched alkanes of at least 4 members (excludes halogenated alkanes) is 1. The standard InChI is InChI=1S/C11H16N2O3/c1-3-4-5-16-10(14)8-13-7-9(2)6-12-11(13)15/h6-7H,3-5,8H2,1-2H3. The van der Waals surface area contributed by atoms with Crippen molar-refractivity contribution in [2.45, 2.75) is 33.2 Å². The van der Waals surface area contributed by atoms with E-state index in [0.717, 1.165) is 18.4 Å². The van der Waals surface area contributed by atoms with Crippen LogP contribution in [0.15, 0.2) is 17.2 Å². The van der Waals surface area contributed by atoms with Crippen molar-refractivity contribution >= 4 is 5.97 Å². The molecule has 0 radical (unpaired) electrons. The van der Waals surface area contributed by atoms with Crippen LogP contribution in [-0.4, -0.2) is 22.1 Å². The largest absolute Gasteiger partial charge is 0.464 e. The minimum Gasteiger partial charge on any atom is -0.464 e. The first kappa shape index (κ1) is 12.4. The van der Waals surface area contributed by atoms with Gasteiger partial charge in [0.05, 0.1) is 6.61 Å². The summed E-state index contributed by atoms with van der Waals surface area (Å²) in [5, 5.41) is 0. The molecule has 1 heterocycles. The number of ether oxygens (including phenoxy) is 1. The van der Waals surface area contributed by atoms with E-state index in [1.165, 1.54) is 10.8 Å². The fourth-order valence-electron chi connectivity index (χ4n) is 1.19. The van der Waals surface area contributed by atoms with Gasteiger partial charge in [0.25, 0.3) is 0 Å². The van der Waals surface area contributed by atoms with Crippen LogP contribution in [-0.2, 0) is 16.1 Å². The third-order valence-electron chi connectivity index (χ3n) is 2.04. The van der Waals surface area contributed by atoms with Gasteiger partial charge in [-0.1, -0.05) is 13.3 Å². The molecule has 0 saturated carbocycles. The summed E-state index contributed by atoms with van der Waals surface area (Å²) in [6, 6.07) is 0. The third-order valence-corrected chi connectivity index (χ3v) is 2.04. The molecule has 0 amide bonds. The van der Waals surface area contributed by atoms with Crippen LogP contribution in [0.1, 0.15) is 25.3 Å². The lowest BCUT2D eigenvalue weighted by molar-refractivity contribution is -0.144. The SMILES string of the molecule is CCCCOC(=O)Cn1cc(C)cnc1=O. The van der Waals surface area contributed by atoms with Crippen LogP contribution in [0, 0.1) is 6.92 Å². The molecular weight excluding hydrogens is 208 g/mol. The van der Waals surface area contributed by atoms with E-state index in [2.05, 4.69) is 4.98 Å². The van der Waals surface area contributed by atoms with Crippen molar-refractivity contribution in [2.24, 2.45) is 0 Å². The Bertz CT molecular complexity index is 412. The fraction of sp³-hybridized carbons (Fsp3) is 0.545. The van der Waals surface area contributed by atoms with E-state index < -0.39 is 11.7 Å². The smallest absolute Gasteiger partial charge is 0.348 e. The summed E-state index contributed by atoms with van der Waals surface area (Å²) < 4.78 is 6.21. The van der Waals surface area contributed by atoms with E-state index in [0.29, 0.717) is 6.61 Å². The zero-order valence-corrected chi connectivity index (χ0v) is 9.60. The summed E-state index contributed by atoms with van der Waals surface area (Å²) in [7, 11) is 0. The van der Waals surface area contributed by atoms with Crippen molar-refractivity contribution in [1.29, 1.82) is 0 Å². The first-order valence-corrected chi connectivity index (χ1v) is 5.32. The highest BCUT2D eigenvalue weighted by Crippen LogP contribution is 1.93. The van der Waals surface area contributed by atoms with Crippen molar-refractivity contribution in [1.82, 2.24) is 9.55 Å². The highest BCUT2D eigenvalue weighted by molar-refractivity contribution is 5.69. The maximum absolute atomic E-state index is 11.3. The summed E-state index contributed by atoms with van der Waals surface area (Å²) in [6.45, 7) is 4.16. The molecule has 1 aromatic rings. The van der Waals surface area contributed by atoms with E-state index in [-0.39, 0.29) is 6.54 Å². The van der Waals surface area contributed by atoms with E-state index in [4.69, 9.17) is 4.74 Å². The molecule has 0 aliphatic heterocycles. The van der Waals surface area contributed by atoms with Gasteiger partial charge in [0.2, 0.25) is 0 Å². The quantitative estimate of drug-likeness (QED) is 0.550. The van der Waals surface area contributed by atoms with Gasteiger partial charge in [0.1, 0.15) is 6.54 Å². The van der Waals surface area contributed by atoms with Gasteiger partial charge in [0, 0.05) is 12.4 Å². The van der Waals surface area contributed by atoms with Crippen LogP contribution in [0.25, 0.3) is 0 Å². The molecule has 5 heteroatoms. The van der Waals surface area contributed by atoms with Crippen LogP contribution in [0.2, 0.25) is 0 Å². The number of hydrogen-bond acceptors (Lipinski definition) is 4. The van der Waals surface area contributed by atoms with Gasteiger partial charge in [0.15, 0.2) is 0 Å². The highest BCUT2D eigenvalue weighted by Gasteiger charge is 2.05. The third kappa shape index (κ3) is 3.84. The molecule has 16 heavy (non-hydrogen) atoms. The lowest BCUT2D eigenvalue weighted by atomic mass is 10.4. The second kappa shape index (κ2) is 6.05. The molecule has 0 N–H and O–H groups in total. The van der Waals surface area contributed by atoms with Gasteiger partial charge < -0.3 is 4.74 Å². The van der Waals surface area contributed by atoms with Gasteiger partial charge in [-0.3, -0.25) is 9.36 Å². The number of carbonyl (C=O) groups excluding carboxylic acids is 1. The molecule has 0 atom stereocenters. The Morgan fingerprint density at radius 1 is 1.56 bits per heavy atom. The average Bonchev–Trinajstić information content (AvgIpc) is 2.24. The molecule has 0 unspecified atom stereocenters. The maximum Gasteiger partial charge on any atom is 0.348 e. The van der Waals surface area contributed by atoms with Gasteiger partial charge in [-0.15, -0.1) is 0 Å². The van der Waals surface area contributed by atoms with Crippen molar-refractivity contribution in [3.8, 4) is 0 Å². The molecule has 0 fully saturated rings. The lowest BCUT2D eigenvalue weighted by Crippen LogP contribution is -2.27. The van der Waals surface area contributed by atoms with Crippen molar-refractivity contribution < 1.29 is 9.53 Å². The second-order valence-electron chi connectivity index (χ2n) is 3.62. The van der Waals surface area contributed by atoms with E-state index >= 15 is 0 Å². The maximum atomic E-state index is 11.3. The predicted octanol–water partition coefficient (Wildman–Crippen LogP) is 0.895. The molecule has 1 rings (SSSR count). The Kier molecular flexibility index (Phi) is 4.69. The van der Waals surface area contributed by atoms with Crippen molar-refractivity contribution in [3.63, 3.8) is 0 Å². The molecule has 88 valence electrons. The van der Waals surface area contributed by atoms with E-state index in [1.54, 1.807) is 6.20 Å². The molecule has 0 spiro atoms. The molecule has 0 saturated heterocycles. The zero-order chi connectivity index (χ0) is 12.0. The van der Waals surface area contributed by atoms with E-state index in [1.807, 2.05) is 13.8 Å². The second-order valence-corrected chi connectivity index (χ2v) is 3.62. The van der Waals surface area contributed by atoms with Gasteiger partial charge >= 0.3 is 11.7 Å². The summed E-state index contributed by atoms with van der Waals surface area (Å²) >= 11 is 0. The molecule has 0 aliphatic carbocycles. The van der Waals surface area contributed by atoms with Crippen LogP contribution < -0.4 is 5.69 Å². The minimum absolute atomic E-state index is 0.0722. The van der Waals surface area contributed by atoms with Gasteiger partial charge in [-0.25, -0.2) is 9.78 Å². The highest BCUT2D eigenvalue weighted by atomic mass is 16.5. The Balaban J connectivity index is 2.56. The number of rotatable bonds is 5. The number of esters is 1. The summed E-state index contributed by atoms with van der Waals surface area (Å²) in [5.74, 6) is -0.400.